The monoisotopic (exact) mass is 274 g/mol. The van der Waals surface area contributed by atoms with Gasteiger partial charge in [-0.25, -0.2) is 0 Å². The predicted molar refractivity (Wildman–Crippen MR) is 74.6 cm³/mol. The van der Waals surface area contributed by atoms with Gasteiger partial charge in [0.2, 0.25) is 0 Å². The number of rotatable bonds is 4. The molecule has 0 bridgehead atoms. The number of carbonyl (C=O) groups excluding carboxylic acids is 1. The molecule has 104 valence electrons. The lowest BCUT2D eigenvalue weighted by Crippen LogP contribution is -2.22. The maximum Gasteiger partial charge on any atom is 0.294 e. The number of benzene rings is 1. The Morgan fingerprint density at radius 1 is 1.30 bits per heavy atom. The molecule has 1 aromatic heterocycles. The van der Waals surface area contributed by atoms with Gasteiger partial charge in [-0.15, -0.1) is 0 Å². The molecule has 0 saturated heterocycles. The molecule has 1 N–H and O–H groups in total. The number of nitrogens with zero attached hydrogens (tertiary/aromatic N) is 3. The topological polar surface area (TPSA) is 80.4 Å². The Hall–Kier alpha value is -2.83. The van der Waals surface area contributed by atoms with Gasteiger partial charge in [-0.1, -0.05) is 0 Å². The van der Waals surface area contributed by atoms with E-state index >= 15 is 0 Å². The Morgan fingerprint density at radius 3 is 2.50 bits per heavy atom. The molecular formula is C13H14N4O3. The average molecular weight is 274 g/mol. The third-order valence-electron chi connectivity index (χ3n) is 2.70. The smallest absolute Gasteiger partial charge is 0.294 e. The summed E-state index contributed by atoms with van der Waals surface area (Å²) in [7, 11) is 3.26. The predicted octanol–water partition coefficient (Wildman–Crippen LogP) is 1.97. The van der Waals surface area contributed by atoms with E-state index in [0.29, 0.717) is 5.56 Å². The minimum absolute atomic E-state index is 0.0889. The van der Waals surface area contributed by atoms with Crippen molar-refractivity contribution in [2.45, 2.75) is 0 Å². The van der Waals surface area contributed by atoms with E-state index in [1.807, 2.05) is 0 Å². The largest absolute Gasteiger partial charge is 0.345 e. The van der Waals surface area contributed by atoms with Crippen LogP contribution in [0.4, 0.5) is 11.4 Å². The summed E-state index contributed by atoms with van der Waals surface area (Å²) in [6.45, 7) is 0. The summed E-state index contributed by atoms with van der Waals surface area (Å²) >= 11 is 0. The Morgan fingerprint density at radius 2 is 1.95 bits per heavy atom. The highest BCUT2D eigenvalue weighted by Gasteiger charge is 2.17. The molecule has 2 aromatic rings. The third kappa shape index (κ3) is 2.77. The molecule has 2 rings (SSSR count). The molecule has 7 nitrogen and oxygen atoms in total. The normalized spacial score (nSPS) is 10.1. The molecule has 0 aliphatic heterocycles. The van der Waals surface area contributed by atoms with Gasteiger partial charge in [-0.2, -0.15) is 0 Å². The fourth-order valence-corrected chi connectivity index (χ4v) is 1.72. The molecule has 20 heavy (non-hydrogen) atoms. The first kappa shape index (κ1) is 13.6. The Labute approximate surface area is 115 Å². The number of aromatic nitrogens is 1. The van der Waals surface area contributed by atoms with Crippen LogP contribution in [0.2, 0.25) is 0 Å². The SMILES string of the molecule is CN(C)C(=O)c1ccc([N+](=O)[O-])c(Nn2cccc2)c1. The number of anilines is 1. The molecule has 0 fully saturated rings. The molecule has 0 radical (unpaired) electrons. The molecule has 1 aromatic carbocycles. The number of nitrogens with one attached hydrogen (secondary N) is 1. The summed E-state index contributed by atoms with van der Waals surface area (Å²) < 4.78 is 1.58. The van der Waals surface area contributed by atoms with Gasteiger partial charge in [-0.3, -0.25) is 25.0 Å². The molecule has 0 aliphatic carbocycles. The van der Waals surface area contributed by atoms with Crippen molar-refractivity contribution >= 4 is 17.3 Å². The number of amides is 1. The Bertz CT molecular complexity index is 635. The zero-order valence-corrected chi connectivity index (χ0v) is 11.1. The number of nitro groups is 1. The molecule has 0 unspecified atom stereocenters. The molecule has 0 atom stereocenters. The number of nitro benzene ring substituents is 1. The van der Waals surface area contributed by atoms with Gasteiger partial charge in [0, 0.05) is 38.1 Å². The lowest BCUT2D eigenvalue weighted by Gasteiger charge is -2.13. The van der Waals surface area contributed by atoms with Crippen molar-refractivity contribution in [1.29, 1.82) is 0 Å². The highest BCUT2D eigenvalue weighted by atomic mass is 16.6. The van der Waals surface area contributed by atoms with Gasteiger partial charge in [0.1, 0.15) is 5.69 Å². The van der Waals surface area contributed by atoms with Crippen molar-refractivity contribution < 1.29 is 9.72 Å². The lowest BCUT2D eigenvalue weighted by atomic mass is 10.1. The summed E-state index contributed by atoms with van der Waals surface area (Å²) in [4.78, 5) is 23.9. The van der Waals surface area contributed by atoms with Crippen LogP contribution < -0.4 is 5.43 Å². The zero-order valence-electron chi connectivity index (χ0n) is 11.1. The Balaban J connectivity index is 2.42. The van der Waals surface area contributed by atoms with Crippen molar-refractivity contribution in [3.05, 3.63) is 58.4 Å². The van der Waals surface area contributed by atoms with E-state index < -0.39 is 4.92 Å². The van der Waals surface area contributed by atoms with Crippen LogP contribution in [-0.4, -0.2) is 34.5 Å². The van der Waals surface area contributed by atoms with Crippen molar-refractivity contribution in [1.82, 2.24) is 9.58 Å². The van der Waals surface area contributed by atoms with E-state index in [1.165, 1.54) is 23.1 Å². The molecular weight excluding hydrogens is 260 g/mol. The molecule has 1 heterocycles. The minimum Gasteiger partial charge on any atom is -0.345 e. The van der Waals surface area contributed by atoms with Gasteiger partial charge in [0.15, 0.2) is 0 Å². The van der Waals surface area contributed by atoms with E-state index in [4.69, 9.17) is 0 Å². The van der Waals surface area contributed by atoms with Gasteiger partial charge >= 0.3 is 0 Å². The summed E-state index contributed by atoms with van der Waals surface area (Å²) in [6.07, 6.45) is 3.42. The van der Waals surface area contributed by atoms with E-state index in [-0.39, 0.29) is 17.3 Å². The Kier molecular flexibility index (Phi) is 3.69. The standard InChI is InChI=1S/C13H14N4O3/c1-15(2)13(18)10-5-6-12(17(19)20)11(9-10)14-16-7-3-4-8-16/h3-9,14H,1-2H3. The third-order valence-corrected chi connectivity index (χ3v) is 2.70. The summed E-state index contributed by atoms with van der Waals surface area (Å²) in [5, 5.41) is 11.0. The quantitative estimate of drug-likeness (QED) is 0.682. The number of hydrogen-bond donors (Lipinski definition) is 1. The van der Waals surface area contributed by atoms with Crippen LogP contribution in [-0.2, 0) is 0 Å². The van der Waals surface area contributed by atoms with Crippen molar-refractivity contribution in [2.24, 2.45) is 0 Å². The van der Waals surface area contributed by atoms with Crippen molar-refractivity contribution in [2.75, 3.05) is 19.5 Å². The van der Waals surface area contributed by atoms with Gasteiger partial charge < -0.3 is 4.90 Å². The molecule has 1 amide bonds. The molecule has 0 spiro atoms. The first-order chi connectivity index (χ1) is 9.49. The minimum atomic E-state index is -0.490. The van der Waals surface area contributed by atoms with E-state index in [9.17, 15) is 14.9 Å². The second-order valence-electron chi connectivity index (χ2n) is 4.39. The van der Waals surface area contributed by atoms with E-state index in [2.05, 4.69) is 5.43 Å². The van der Waals surface area contributed by atoms with Gasteiger partial charge in [-0.05, 0) is 24.3 Å². The maximum absolute atomic E-state index is 11.9. The van der Waals surface area contributed by atoms with Crippen LogP contribution in [0.1, 0.15) is 10.4 Å². The first-order valence-corrected chi connectivity index (χ1v) is 5.89. The van der Waals surface area contributed by atoms with Gasteiger partial charge in [0.25, 0.3) is 11.6 Å². The second kappa shape index (κ2) is 5.43. The highest BCUT2D eigenvalue weighted by molar-refractivity contribution is 5.95. The van der Waals surface area contributed by atoms with Crippen LogP contribution >= 0.6 is 0 Å². The lowest BCUT2D eigenvalue weighted by molar-refractivity contribution is -0.384. The van der Waals surface area contributed by atoms with Crippen LogP contribution in [0.25, 0.3) is 0 Å². The number of carbonyl (C=O) groups is 1. The van der Waals surface area contributed by atoms with Crippen molar-refractivity contribution in [3.63, 3.8) is 0 Å². The van der Waals surface area contributed by atoms with Gasteiger partial charge in [0.05, 0.1) is 4.92 Å². The molecule has 0 saturated carbocycles. The fraction of sp³-hybridized carbons (Fsp3) is 0.154. The first-order valence-electron chi connectivity index (χ1n) is 5.89. The van der Waals surface area contributed by atoms with E-state index in [0.717, 1.165) is 0 Å². The second-order valence-corrected chi connectivity index (χ2v) is 4.39. The van der Waals surface area contributed by atoms with Crippen molar-refractivity contribution in [3.8, 4) is 0 Å². The molecule has 0 aliphatic rings. The van der Waals surface area contributed by atoms with Crippen LogP contribution in [0.5, 0.6) is 0 Å². The molecule has 7 heteroatoms. The summed E-state index contributed by atoms with van der Waals surface area (Å²) in [5.41, 5.74) is 3.43. The maximum atomic E-state index is 11.9. The van der Waals surface area contributed by atoms with Crippen LogP contribution in [0.15, 0.2) is 42.7 Å². The van der Waals surface area contributed by atoms with Crippen LogP contribution in [0, 0.1) is 10.1 Å². The zero-order chi connectivity index (χ0) is 14.7. The van der Waals surface area contributed by atoms with E-state index in [1.54, 1.807) is 43.3 Å². The average Bonchev–Trinajstić information content (AvgIpc) is 2.90. The summed E-state index contributed by atoms with van der Waals surface area (Å²) in [5.74, 6) is -0.213. The fourth-order valence-electron chi connectivity index (χ4n) is 1.72. The van der Waals surface area contributed by atoms with Crippen LogP contribution in [0.3, 0.4) is 0 Å². The highest BCUT2D eigenvalue weighted by Crippen LogP contribution is 2.26. The number of hydrogen-bond acceptors (Lipinski definition) is 4. The summed E-state index contributed by atoms with van der Waals surface area (Å²) in [6, 6.07) is 7.81.